The second-order valence-corrected chi connectivity index (χ2v) is 6.85. The first-order chi connectivity index (χ1) is 16.0. The summed E-state index contributed by atoms with van der Waals surface area (Å²) in [6.07, 6.45) is 2.78. The van der Waals surface area contributed by atoms with Crippen LogP contribution in [0.4, 0.5) is 11.4 Å². The number of nitrogens with zero attached hydrogens (tertiary/aromatic N) is 2. The van der Waals surface area contributed by atoms with Crippen LogP contribution in [0.15, 0.2) is 64.6 Å². The summed E-state index contributed by atoms with van der Waals surface area (Å²) in [4.78, 5) is 35.4. The van der Waals surface area contributed by atoms with Crippen LogP contribution in [0.5, 0.6) is 5.75 Å². The second-order valence-electron chi connectivity index (χ2n) is 6.47. The van der Waals surface area contributed by atoms with Gasteiger partial charge in [-0.2, -0.15) is 10.2 Å². The van der Waals surface area contributed by atoms with E-state index in [-0.39, 0.29) is 29.8 Å². The van der Waals surface area contributed by atoms with Gasteiger partial charge in [-0.15, -0.1) is 0 Å². The fourth-order valence-corrected chi connectivity index (χ4v) is 2.73. The number of hydrogen-bond donors (Lipinski definition) is 3. The molecule has 1 heterocycles. The molecule has 170 valence electrons. The van der Waals surface area contributed by atoms with E-state index >= 15 is 0 Å². The first-order valence-corrected chi connectivity index (χ1v) is 10.2. The minimum absolute atomic E-state index is 0.0707. The van der Waals surface area contributed by atoms with Gasteiger partial charge in [-0.3, -0.25) is 15.0 Å². The quantitative estimate of drug-likeness (QED) is 0.249. The van der Waals surface area contributed by atoms with E-state index in [9.17, 15) is 14.4 Å². The van der Waals surface area contributed by atoms with Crippen molar-refractivity contribution in [1.29, 1.82) is 0 Å². The molecule has 1 aromatic heterocycles. The molecule has 0 aliphatic carbocycles. The third-order valence-corrected chi connectivity index (χ3v) is 4.52. The number of esters is 1. The summed E-state index contributed by atoms with van der Waals surface area (Å²) in [5.74, 6) is -0.389. The van der Waals surface area contributed by atoms with E-state index in [0.717, 1.165) is 0 Å². The van der Waals surface area contributed by atoms with E-state index in [1.54, 1.807) is 55.5 Å². The summed E-state index contributed by atoms with van der Waals surface area (Å²) in [5, 5.41) is 12.5. The highest BCUT2D eigenvalue weighted by molar-refractivity contribution is 6.32. The lowest BCUT2D eigenvalue weighted by atomic mass is 10.2. The molecule has 3 aromatic rings. The molecule has 1 amide bonds. The third kappa shape index (κ3) is 6.65. The number of H-pyrrole nitrogens is 1. The summed E-state index contributed by atoms with van der Waals surface area (Å²) in [6, 6.07) is 13.3. The van der Waals surface area contributed by atoms with Crippen molar-refractivity contribution >= 4 is 41.1 Å². The highest BCUT2D eigenvalue weighted by Gasteiger charge is 2.09. The van der Waals surface area contributed by atoms with Crippen LogP contribution in [-0.2, 0) is 9.53 Å². The summed E-state index contributed by atoms with van der Waals surface area (Å²) < 4.78 is 10.5. The zero-order valence-corrected chi connectivity index (χ0v) is 18.3. The molecule has 11 heteroatoms. The van der Waals surface area contributed by atoms with Gasteiger partial charge in [0.1, 0.15) is 16.5 Å². The zero-order valence-electron chi connectivity index (χ0n) is 17.5. The lowest BCUT2D eigenvalue weighted by molar-refractivity contribution is -0.118. The van der Waals surface area contributed by atoms with Crippen molar-refractivity contribution in [2.24, 2.45) is 5.10 Å². The highest BCUT2D eigenvalue weighted by atomic mass is 35.5. The van der Waals surface area contributed by atoms with Gasteiger partial charge in [0.2, 0.25) is 0 Å². The number of anilines is 2. The number of halogens is 1. The van der Waals surface area contributed by atoms with E-state index < -0.39 is 11.5 Å². The van der Waals surface area contributed by atoms with Crippen molar-refractivity contribution in [2.45, 2.75) is 6.92 Å². The molecule has 0 saturated carbocycles. The number of hydrazone groups is 1. The Morgan fingerprint density at radius 2 is 1.94 bits per heavy atom. The number of aromatic amines is 1. The Bertz CT molecular complexity index is 1210. The van der Waals surface area contributed by atoms with E-state index in [4.69, 9.17) is 21.1 Å². The van der Waals surface area contributed by atoms with E-state index in [0.29, 0.717) is 22.6 Å². The fourth-order valence-electron chi connectivity index (χ4n) is 2.60. The molecule has 33 heavy (non-hydrogen) atoms. The Morgan fingerprint density at radius 3 is 2.70 bits per heavy atom. The van der Waals surface area contributed by atoms with Gasteiger partial charge in [0.15, 0.2) is 6.61 Å². The number of para-hydroxylation sites is 1. The summed E-state index contributed by atoms with van der Waals surface area (Å²) >= 11 is 5.88. The highest BCUT2D eigenvalue weighted by Crippen LogP contribution is 2.18. The standard InChI is InChI=1S/C22H20ClN5O5/c1-2-32-22(31)14-7-9-16(10-8-14)26-19(29)13-33-18-6-4-3-5-15(18)11-24-27-17-12-25-28-21(30)20(17)23/h3-12H,2,13H2,1H3,(H,26,29)(H2,27,28,30). The fraction of sp³-hybridized carbons (Fsp3) is 0.136. The van der Waals surface area contributed by atoms with Gasteiger partial charge in [0.25, 0.3) is 11.5 Å². The number of benzene rings is 2. The van der Waals surface area contributed by atoms with Crippen LogP contribution in [0.25, 0.3) is 0 Å². The van der Waals surface area contributed by atoms with Crippen LogP contribution in [0.2, 0.25) is 5.02 Å². The van der Waals surface area contributed by atoms with Crippen molar-refractivity contribution in [3.63, 3.8) is 0 Å². The maximum absolute atomic E-state index is 12.3. The molecule has 3 N–H and O–H groups in total. The van der Waals surface area contributed by atoms with Gasteiger partial charge in [-0.1, -0.05) is 23.7 Å². The van der Waals surface area contributed by atoms with Crippen LogP contribution in [0.1, 0.15) is 22.8 Å². The van der Waals surface area contributed by atoms with Crippen LogP contribution < -0.4 is 21.0 Å². The van der Waals surface area contributed by atoms with Gasteiger partial charge in [0, 0.05) is 11.3 Å². The Kier molecular flexibility index (Phi) is 8.14. The Hall–Kier alpha value is -4.18. The number of ether oxygens (including phenoxy) is 2. The van der Waals surface area contributed by atoms with Crippen molar-refractivity contribution in [3.8, 4) is 5.75 Å². The minimum Gasteiger partial charge on any atom is -0.483 e. The molecule has 0 bridgehead atoms. The van der Waals surface area contributed by atoms with Gasteiger partial charge < -0.3 is 14.8 Å². The second kappa shape index (κ2) is 11.4. The number of aromatic nitrogens is 2. The largest absolute Gasteiger partial charge is 0.483 e. The average Bonchev–Trinajstić information content (AvgIpc) is 2.82. The molecule has 0 saturated heterocycles. The molecule has 10 nitrogen and oxygen atoms in total. The minimum atomic E-state index is -0.540. The topological polar surface area (TPSA) is 135 Å². The van der Waals surface area contributed by atoms with E-state index in [2.05, 4.69) is 26.0 Å². The van der Waals surface area contributed by atoms with Gasteiger partial charge in [-0.25, -0.2) is 9.89 Å². The van der Waals surface area contributed by atoms with Gasteiger partial charge in [-0.05, 0) is 43.3 Å². The monoisotopic (exact) mass is 469 g/mol. The first kappa shape index (κ1) is 23.5. The number of hydrogen-bond acceptors (Lipinski definition) is 8. The number of amides is 1. The van der Waals surface area contributed by atoms with Crippen LogP contribution in [0.3, 0.4) is 0 Å². The van der Waals surface area contributed by atoms with Gasteiger partial charge in [0.05, 0.1) is 24.6 Å². The molecule has 0 atom stereocenters. The van der Waals surface area contributed by atoms with Crippen molar-refractivity contribution in [1.82, 2.24) is 10.2 Å². The number of carbonyl (C=O) groups is 2. The molecule has 0 aliphatic rings. The molecule has 0 unspecified atom stereocenters. The Morgan fingerprint density at radius 1 is 1.18 bits per heavy atom. The molecule has 2 aromatic carbocycles. The van der Waals surface area contributed by atoms with Crippen LogP contribution in [0, 0.1) is 0 Å². The van der Waals surface area contributed by atoms with Crippen molar-refractivity contribution < 1.29 is 19.1 Å². The molecule has 0 fully saturated rings. The average molecular weight is 470 g/mol. The molecule has 0 aliphatic heterocycles. The van der Waals surface area contributed by atoms with E-state index in [1.165, 1.54) is 12.4 Å². The van der Waals surface area contributed by atoms with Crippen LogP contribution in [-0.4, -0.2) is 41.5 Å². The van der Waals surface area contributed by atoms with E-state index in [1.807, 2.05) is 0 Å². The van der Waals surface area contributed by atoms with Crippen LogP contribution >= 0.6 is 11.6 Å². The lowest BCUT2D eigenvalue weighted by Gasteiger charge is -2.10. The third-order valence-electron chi connectivity index (χ3n) is 4.14. The van der Waals surface area contributed by atoms with Crippen molar-refractivity contribution in [3.05, 3.63) is 81.2 Å². The molecular weight excluding hydrogens is 450 g/mol. The predicted molar refractivity (Wildman–Crippen MR) is 124 cm³/mol. The molecule has 3 rings (SSSR count). The predicted octanol–water partition coefficient (Wildman–Crippen LogP) is 3.06. The zero-order chi connectivity index (χ0) is 23.6. The smallest absolute Gasteiger partial charge is 0.338 e. The first-order valence-electron chi connectivity index (χ1n) is 9.79. The normalized spacial score (nSPS) is 10.6. The summed E-state index contributed by atoms with van der Waals surface area (Å²) in [6.45, 7) is 1.77. The lowest BCUT2D eigenvalue weighted by Crippen LogP contribution is -2.20. The molecule has 0 spiro atoms. The number of carbonyl (C=O) groups excluding carboxylic acids is 2. The molecular formula is C22H20ClN5O5. The SMILES string of the molecule is CCOC(=O)c1ccc(NC(=O)COc2ccccc2C=NNc2cn[nH]c(=O)c2Cl)cc1. The molecule has 0 radical (unpaired) electrons. The maximum Gasteiger partial charge on any atom is 0.338 e. The Balaban J connectivity index is 1.57. The van der Waals surface area contributed by atoms with Crippen molar-refractivity contribution in [2.75, 3.05) is 24.0 Å². The number of nitrogens with one attached hydrogen (secondary N) is 3. The summed E-state index contributed by atoms with van der Waals surface area (Å²) in [7, 11) is 0. The Labute approximate surface area is 193 Å². The number of rotatable bonds is 9. The summed E-state index contributed by atoms with van der Waals surface area (Å²) in [5.41, 5.74) is 3.83. The van der Waals surface area contributed by atoms with Gasteiger partial charge >= 0.3 is 5.97 Å². The maximum atomic E-state index is 12.3.